The molecule has 6 aromatic rings. The summed E-state index contributed by atoms with van der Waals surface area (Å²) in [6.07, 6.45) is 6.05. The number of oxime groups is 1. The molecule has 0 saturated carbocycles. The molecule has 4 aliphatic heterocycles. The fourth-order valence-corrected chi connectivity index (χ4v) is 9.07. The first-order valence-corrected chi connectivity index (χ1v) is 40.2. The fourth-order valence-electron chi connectivity index (χ4n) is 9.07. The largest absolute Gasteiger partial charge is 0.502 e. The van der Waals surface area contributed by atoms with Gasteiger partial charge in [0.1, 0.15) is 35.7 Å². The zero-order valence-corrected chi connectivity index (χ0v) is 77.6. The van der Waals surface area contributed by atoms with E-state index in [0.717, 1.165) is 52.4 Å². The van der Waals surface area contributed by atoms with Gasteiger partial charge in [-0.25, -0.2) is 18.8 Å². The summed E-state index contributed by atoms with van der Waals surface area (Å²) in [5.41, 5.74) is 5.86. The minimum atomic E-state index is -4.41. The first-order valence-electron chi connectivity index (χ1n) is 38.1. The Bertz CT molecular complexity index is 4540. The number of halogens is 5. The molecule has 9 heterocycles. The number of carbonyl (C=O) groups excluding carboxylic acids is 1. The minimum Gasteiger partial charge on any atom is -0.502 e. The molecule has 660 valence electrons. The van der Waals surface area contributed by atoms with Crippen LogP contribution < -0.4 is 21.9 Å². The highest BCUT2D eigenvalue weighted by atomic mass is 31.2. The van der Waals surface area contributed by atoms with Crippen LogP contribution in [0.2, 0.25) is 0 Å². The molecule has 0 aliphatic carbocycles. The van der Waals surface area contributed by atoms with Gasteiger partial charge in [0.2, 0.25) is 18.6 Å². The number of nitrogens with one attached hydrogen (secondary N) is 3. The van der Waals surface area contributed by atoms with Gasteiger partial charge in [-0.2, -0.15) is 33.3 Å². The lowest BCUT2D eigenvalue weighted by atomic mass is 9.86. The highest BCUT2D eigenvalue weighted by molar-refractivity contribution is 7.58. The smallest absolute Gasteiger partial charge is 0.451 e. The lowest BCUT2D eigenvalue weighted by Crippen LogP contribution is -2.34. The van der Waals surface area contributed by atoms with Crippen LogP contribution in [0.3, 0.4) is 0 Å². The number of alkyl halides is 3. The van der Waals surface area contributed by atoms with Crippen LogP contribution >= 0.6 is 7.37 Å². The van der Waals surface area contributed by atoms with Gasteiger partial charge in [0.15, 0.2) is 17.7 Å². The van der Waals surface area contributed by atoms with Crippen LogP contribution in [0.15, 0.2) is 129 Å². The van der Waals surface area contributed by atoms with Crippen molar-refractivity contribution in [3.63, 3.8) is 0 Å². The van der Waals surface area contributed by atoms with Crippen molar-refractivity contribution in [1.29, 1.82) is 0 Å². The van der Waals surface area contributed by atoms with Crippen LogP contribution in [0, 0.1) is 40.2 Å². The molecule has 1 amide bonds. The number of hydrogen-bond acceptors (Lipinski definition) is 19. The molecule has 32 heteroatoms. The van der Waals surface area contributed by atoms with E-state index in [2.05, 4.69) is 152 Å². The third-order valence-electron chi connectivity index (χ3n) is 17.1. The Labute approximate surface area is 690 Å². The molecule has 1 aromatic carbocycles. The number of aliphatic imine (C=N–C) groups is 2. The van der Waals surface area contributed by atoms with E-state index < -0.39 is 42.3 Å². The summed E-state index contributed by atoms with van der Waals surface area (Å²) in [5, 5.41) is 44.5. The lowest BCUT2D eigenvalue weighted by Gasteiger charge is -2.22. The van der Waals surface area contributed by atoms with Crippen LogP contribution in [0.4, 0.5) is 22.0 Å². The van der Waals surface area contributed by atoms with E-state index >= 15 is 0 Å². The number of imidazole rings is 1. The molecular weight excluding hydrogens is 1530 g/mol. The van der Waals surface area contributed by atoms with Crippen LogP contribution in [0.5, 0.6) is 5.75 Å². The van der Waals surface area contributed by atoms with E-state index in [1.54, 1.807) is 48.6 Å². The van der Waals surface area contributed by atoms with Gasteiger partial charge < -0.3 is 33.7 Å². The zero-order chi connectivity index (χ0) is 92.2. The second kappa shape index (κ2) is 42.0. The summed E-state index contributed by atoms with van der Waals surface area (Å²) in [6.45, 7) is 75.6. The third kappa shape index (κ3) is 38.9. The molecular formula is C85H138F5N14O12P. The molecule has 0 radical (unpaired) electrons. The maximum Gasteiger partial charge on any atom is 0.451 e. The Morgan fingerprint density at radius 3 is 1.34 bits per heavy atom. The number of nitrogens with zero attached hydrogens (tertiary/aromatic N) is 11. The maximum atomic E-state index is 13.1. The van der Waals surface area contributed by atoms with Crippen molar-refractivity contribution >= 4 is 42.5 Å². The third-order valence-corrected chi connectivity index (χ3v) is 19.6. The SMILES string of the molecule is C=C1CC(C(C)(C)C)=NO1.C=C1NC(=O)C(C(C)(C)C)O1.CC(C)(C)C1=NC(C(F)(F)F)=NC1.CC(C)(C)C1=NN=CC1.CC(C)(C)P(C)(=O)O.CC(C)(C)c1cc(=O)[nH]o1.CC(C)(C)c1cncn1O.CC(C)(C)c1cocc(O)c1=O.Cc1c(F)cc(C(C)(C)C)cc1F.Cn1[nH]c(=O)cc1C(C)(C)C.Cn1nncc1C(C)(C)C. The summed E-state index contributed by atoms with van der Waals surface area (Å²) in [4.78, 5) is 68.3. The highest BCUT2D eigenvalue weighted by Crippen LogP contribution is 2.50. The van der Waals surface area contributed by atoms with E-state index in [1.807, 2.05) is 145 Å². The predicted octanol–water partition coefficient (Wildman–Crippen LogP) is 19.4. The summed E-state index contributed by atoms with van der Waals surface area (Å²) in [6, 6.07) is 5.91. The number of H-pyrrole nitrogens is 2. The Hall–Kier alpha value is -9.12. The molecule has 2 unspecified atom stereocenters. The minimum absolute atomic E-state index is 0.0302. The number of aromatic hydroxyl groups is 1. The van der Waals surface area contributed by atoms with Gasteiger partial charge in [-0.1, -0.05) is 245 Å². The molecule has 117 heavy (non-hydrogen) atoms. The number of hydrogen-bond donors (Lipinski definition) is 6. The van der Waals surface area contributed by atoms with E-state index in [9.17, 15) is 45.7 Å². The van der Waals surface area contributed by atoms with Crippen molar-refractivity contribution in [2.75, 3.05) is 13.2 Å². The molecule has 0 spiro atoms. The maximum absolute atomic E-state index is 13.1. The number of benzene rings is 1. The molecule has 5 aromatic heterocycles. The zero-order valence-electron chi connectivity index (χ0n) is 76.7. The van der Waals surface area contributed by atoms with E-state index in [4.69, 9.17) is 33.7 Å². The molecule has 2 atom stereocenters. The van der Waals surface area contributed by atoms with Gasteiger partial charge in [0.05, 0.1) is 54.4 Å². The number of amidine groups is 1. The molecule has 10 rings (SSSR count). The predicted molar refractivity (Wildman–Crippen MR) is 460 cm³/mol. The number of aromatic nitrogens is 8. The molecule has 4 aliphatic rings. The second-order valence-electron chi connectivity index (χ2n) is 39.7. The number of ether oxygens (including phenoxy) is 1. The van der Waals surface area contributed by atoms with Crippen LogP contribution in [0.25, 0.3) is 0 Å². The second-order valence-corrected chi connectivity index (χ2v) is 42.8. The van der Waals surface area contributed by atoms with Gasteiger partial charge in [-0.3, -0.25) is 48.5 Å². The van der Waals surface area contributed by atoms with Crippen molar-refractivity contribution in [1.82, 2.24) is 45.0 Å². The Morgan fingerprint density at radius 2 is 1.12 bits per heavy atom. The van der Waals surface area contributed by atoms with Crippen LogP contribution in [0.1, 0.15) is 281 Å². The van der Waals surface area contributed by atoms with E-state index in [1.165, 1.54) is 50.1 Å². The first kappa shape index (κ1) is 108. The molecule has 26 nitrogen and oxygen atoms in total. The van der Waals surface area contributed by atoms with Crippen molar-refractivity contribution in [3.8, 4) is 5.75 Å². The summed E-state index contributed by atoms with van der Waals surface area (Å²) >= 11 is 0. The van der Waals surface area contributed by atoms with Crippen molar-refractivity contribution in [2.24, 2.45) is 61.1 Å². The topological polar surface area (TPSA) is 350 Å². The Kier molecular flexibility index (Phi) is 38.7. The van der Waals surface area contributed by atoms with Crippen LogP contribution in [-0.2, 0) is 65.5 Å². The monoisotopic (exact) mass is 1670 g/mol. The quantitative estimate of drug-likeness (QED) is 0.0467. The van der Waals surface area contributed by atoms with Crippen molar-refractivity contribution in [3.05, 3.63) is 162 Å². The molecule has 0 bridgehead atoms. The molecule has 1 fully saturated rings. The van der Waals surface area contributed by atoms with E-state index in [0.29, 0.717) is 28.5 Å². The summed E-state index contributed by atoms with van der Waals surface area (Å²) in [7, 11) is 0.910. The number of allylic oxidation sites excluding steroid dienone is 1. The number of aryl methyl sites for hydroxylation is 2. The van der Waals surface area contributed by atoms with Crippen molar-refractivity contribution < 1.29 is 65.0 Å². The lowest BCUT2D eigenvalue weighted by molar-refractivity contribution is -0.127. The van der Waals surface area contributed by atoms with Gasteiger partial charge in [0, 0.05) is 117 Å². The average molecular weight is 1670 g/mol. The standard InChI is InChI=1S/C11H14F2.C9H12O3.C8H11F3N2.C8H14N2O.C8H13NO2.C8H13NO.C7H13N3.C7H12N2O.C7H12N2.C7H11NO2.C5H13O2P/c1-7-9(12)5-8(6-10(7)13)11(2,3)4;1-9(2,3)6-4-12-5-7(10)8(6)11;1-7(2,3)5-4-12-6(13-5)8(9,10)11;1-8(2,3)6-5-7(11)9-10(6)4;1-5-9-7(10)6(11-5)8(2,3)4;1-6-5-7(9-10-6)8(2,3)4;1-7(2,3)6-5-8-9-10(6)4;1-7(2,3)6-4-8-5-9(6)10;1-7(2,3)6-4-5-8-9-6;1-7(2,3)5-4-6(9)8-10-5;1-5(2,3)8(4,6)7/h5-6H,1-4H3;4-5,10H,1-3H3;4H2,1-3H3;5H,1-4H3,(H,9,11);6H,1H2,2-4H3,(H,9,10);1,5H2,2-4H3;5H,1-4H3;4-5,10H,1-3H3;5H,4H2,1-3H3;4H,1-3H3,(H,8,9);1-4H3,(H,6,7). The first-order chi connectivity index (χ1) is 52.2. The Morgan fingerprint density at radius 1 is 0.624 bits per heavy atom. The van der Waals surface area contributed by atoms with Crippen molar-refractivity contribution in [2.45, 2.75) is 298 Å². The normalized spacial score (nSPS) is 15.5. The highest BCUT2D eigenvalue weighted by Gasteiger charge is 2.41. The van der Waals surface area contributed by atoms with Crippen LogP contribution in [-0.4, -0.2) is 121 Å². The van der Waals surface area contributed by atoms with Gasteiger partial charge >= 0.3 is 6.18 Å². The summed E-state index contributed by atoms with van der Waals surface area (Å²) in [5.74, 6) is -0.561. The average Bonchev–Trinajstić information content (AvgIpc) is 1.59. The van der Waals surface area contributed by atoms with Gasteiger partial charge in [-0.05, 0) is 42.0 Å². The molecule has 1 saturated heterocycles. The summed E-state index contributed by atoms with van der Waals surface area (Å²) < 4.78 is 92.8. The number of aromatic amines is 2. The number of rotatable bonds is 0. The van der Waals surface area contributed by atoms with E-state index in [-0.39, 0.29) is 94.5 Å². The fraction of sp³-hybridized carbons (Fsp3) is 0.624. The van der Waals surface area contributed by atoms with Gasteiger partial charge in [-0.15, -0.1) is 5.10 Å². The number of amides is 1. The molecule has 6 N–H and O–H groups in total. The number of carbonyl (C=O) groups is 1. The Balaban J connectivity index is 0.00000127. The van der Waals surface area contributed by atoms with Gasteiger partial charge in [0.25, 0.3) is 17.0 Å².